The van der Waals surface area contributed by atoms with Crippen LogP contribution in [0.5, 0.6) is 5.75 Å². The lowest BCUT2D eigenvalue weighted by Crippen LogP contribution is -2.28. The molecule has 1 saturated heterocycles. The molecule has 1 aliphatic heterocycles. The minimum absolute atomic E-state index is 0.119. The monoisotopic (exact) mass is 304 g/mol. The van der Waals surface area contributed by atoms with Gasteiger partial charge in [0.15, 0.2) is 5.69 Å². The van der Waals surface area contributed by atoms with Crippen LogP contribution in [0.25, 0.3) is 0 Å². The molecule has 0 unspecified atom stereocenters. The summed E-state index contributed by atoms with van der Waals surface area (Å²) in [4.78, 5) is 14.2. The molecule has 1 aromatic carbocycles. The summed E-state index contributed by atoms with van der Waals surface area (Å²) in [6.07, 6.45) is 2.02. The van der Waals surface area contributed by atoms with Crippen LogP contribution in [-0.2, 0) is 6.61 Å². The summed E-state index contributed by atoms with van der Waals surface area (Å²) in [5, 5.41) is 3.87. The third-order valence-corrected chi connectivity index (χ3v) is 3.76. The fourth-order valence-corrected chi connectivity index (χ4v) is 2.51. The molecule has 3 rings (SSSR count). The molecule has 22 heavy (non-hydrogen) atoms. The normalized spacial score (nSPS) is 14.4. The van der Waals surface area contributed by atoms with E-state index in [1.807, 2.05) is 0 Å². The van der Waals surface area contributed by atoms with Crippen molar-refractivity contribution >= 4 is 5.91 Å². The summed E-state index contributed by atoms with van der Waals surface area (Å²) in [5.41, 5.74) is 0.900. The minimum atomic E-state index is -0.368. The molecule has 0 N–H and O–H groups in total. The smallest absolute Gasteiger partial charge is 0.276 e. The zero-order valence-corrected chi connectivity index (χ0v) is 12.3. The van der Waals surface area contributed by atoms with Gasteiger partial charge in [0.05, 0.1) is 5.56 Å². The second-order valence-corrected chi connectivity index (χ2v) is 5.31. The number of hydrogen-bond donors (Lipinski definition) is 0. The van der Waals surface area contributed by atoms with Crippen molar-refractivity contribution < 1.29 is 18.4 Å². The molecule has 1 amide bonds. The third kappa shape index (κ3) is 2.95. The Labute approximate surface area is 127 Å². The fourth-order valence-electron chi connectivity index (χ4n) is 2.51. The Morgan fingerprint density at radius 3 is 2.91 bits per heavy atom. The van der Waals surface area contributed by atoms with E-state index in [-0.39, 0.29) is 24.0 Å². The van der Waals surface area contributed by atoms with Crippen LogP contribution in [0, 0.1) is 12.7 Å². The van der Waals surface area contributed by atoms with Crippen LogP contribution in [0.1, 0.15) is 34.7 Å². The summed E-state index contributed by atoms with van der Waals surface area (Å²) >= 11 is 0. The number of nitrogens with zero attached hydrogens (tertiary/aromatic N) is 2. The molecule has 116 valence electrons. The predicted octanol–water partition coefficient (Wildman–Crippen LogP) is 2.94. The van der Waals surface area contributed by atoms with Crippen LogP contribution in [0.4, 0.5) is 4.39 Å². The van der Waals surface area contributed by atoms with Crippen LogP contribution in [-0.4, -0.2) is 29.1 Å². The summed E-state index contributed by atoms with van der Waals surface area (Å²) in [5.74, 6) is 0.444. The zero-order chi connectivity index (χ0) is 15.5. The maximum Gasteiger partial charge on any atom is 0.276 e. The Hall–Kier alpha value is -2.37. The highest BCUT2D eigenvalue weighted by Crippen LogP contribution is 2.21. The van der Waals surface area contributed by atoms with E-state index < -0.39 is 0 Å². The SMILES string of the molecule is Cc1onc(C(=O)N2CCCC2)c1COc1cccc(F)c1. The van der Waals surface area contributed by atoms with Gasteiger partial charge in [-0.3, -0.25) is 4.79 Å². The molecule has 2 aromatic rings. The number of hydrogen-bond acceptors (Lipinski definition) is 4. The van der Waals surface area contributed by atoms with Gasteiger partial charge in [-0.05, 0) is 31.9 Å². The Kier molecular flexibility index (Phi) is 4.09. The molecule has 2 heterocycles. The molecule has 0 atom stereocenters. The summed E-state index contributed by atoms with van der Waals surface area (Å²) in [6, 6.07) is 5.87. The van der Waals surface area contributed by atoms with Crippen molar-refractivity contribution in [2.24, 2.45) is 0 Å². The highest BCUT2D eigenvalue weighted by atomic mass is 19.1. The van der Waals surface area contributed by atoms with Gasteiger partial charge in [0, 0.05) is 19.2 Å². The van der Waals surface area contributed by atoms with Crippen molar-refractivity contribution in [1.82, 2.24) is 10.1 Å². The van der Waals surface area contributed by atoms with E-state index in [1.165, 1.54) is 12.1 Å². The van der Waals surface area contributed by atoms with Crippen LogP contribution in [0.3, 0.4) is 0 Å². The highest BCUT2D eigenvalue weighted by molar-refractivity contribution is 5.94. The number of benzene rings is 1. The van der Waals surface area contributed by atoms with Gasteiger partial charge in [-0.15, -0.1) is 0 Å². The van der Waals surface area contributed by atoms with Crippen LogP contribution in [0.2, 0.25) is 0 Å². The van der Waals surface area contributed by atoms with E-state index in [1.54, 1.807) is 24.0 Å². The van der Waals surface area contributed by atoms with Crippen molar-refractivity contribution in [2.45, 2.75) is 26.4 Å². The predicted molar refractivity (Wildman–Crippen MR) is 77.1 cm³/mol. The van der Waals surface area contributed by atoms with Gasteiger partial charge in [-0.25, -0.2) is 4.39 Å². The molecule has 1 fully saturated rings. The van der Waals surface area contributed by atoms with E-state index in [2.05, 4.69) is 5.16 Å². The molecular formula is C16H17FN2O3. The minimum Gasteiger partial charge on any atom is -0.489 e. The first-order chi connectivity index (χ1) is 10.6. The molecule has 5 nitrogen and oxygen atoms in total. The second kappa shape index (κ2) is 6.17. The summed E-state index contributed by atoms with van der Waals surface area (Å²) in [7, 11) is 0. The average molecular weight is 304 g/mol. The second-order valence-electron chi connectivity index (χ2n) is 5.31. The van der Waals surface area contributed by atoms with Gasteiger partial charge in [0.25, 0.3) is 5.91 Å². The Bertz CT molecular complexity index is 678. The number of rotatable bonds is 4. The van der Waals surface area contributed by atoms with Crippen molar-refractivity contribution in [2.75, 3.05) is 13.1 Å². The molecular weight excluding hydrogens is 287 g/mol. The number of aryl methyl sites for hydroxylation is 1. The third-order valence-electron chi connectivity index (χ3n) is 3.76. The number of ether oxygens (including phenoxy) is 1. The molecule has 0 bridgehead atoms. The Morgan fingerprint density at radius 1 is 1.41 bits per heavy atom. The quantitative estimate of drug-likeness (QED) is 0.871. The van der Waals surface area contributed by atoms with Gasteiger partial charge in [0.1, 0.15) is 23.9 Å². The first-order valence-electron chi connectivity index (χ1n) is 7.28. The molecule has 0 radical (unpaired) electrons. The lowest BCUT2D eigenvalue weighted by atomic mass is 10.2. The Balaban J connectivity index is 1.76. The van der Waals surface area contributed by atoms with Gasteiger partial charge in [-0.1, -0.05) is 11.2 Å². The van der Waals surface area contributed by atoms with Crippen LogP contribution in [0.15, 0.2) is 28.8 Å². The van der Waals surface area contributed by atoms with E-state index in [4.69, 9.17) is 9.26 Å². The molecule has 0 spiro atoms. The number of amides is 1. The molecule has 6 heteroatoms. The first kappa shape index (κ1) is 14.6. The maximum absolute atomic E-state index is 13.2. The largest absolute Gasteiger partial charge is 0.489 e. The van der Waals surface area contributed by atoms with Crippen LogP contribution < -0.4 is 4.74 Å². The van der Waals surface area contributed by atoms with Crippen LogP contribution >= 0.6 is 0 Å². The number of carbonyl (C=O) groups excluding carboxylic acids is 1. The van der Waals surface area contributed by atoms with Gasteiger partial charge in [-0.2, -0.15) is 0 Å². The average Bonchev–Trinajstić information content (AvgIpc) is 3.14. The number of aromatic nitrogens is 1. The topological polar surface area (TPSA) is 55.6 Å². The standard InChI is InChI=1S/C16H17FN2O3/c1-11-14(10-21-13-6-4-5-12(17)9-13)15(18-22-11)16(20)19-7-2-3-8-19/h4-6,9H,2-3,7-8,10H2,1H3. The maximum atomic E-state index is 13.2. The Morgan fingerprint density at radius 2 is 2.18 bits per heavy atom. The van der Waals surface area contributed by atoms with Crippen molar-refractivity contribution in [3.63, 3.8) is 0 Å². The van der Waals surface area contributed by atoms with Crippen molar-refractivity contribution in [1.29, 1.82) is 0 Å². The number of carbonyl (C=O) groups is 1. The van der Waals surface area contributed by atoms with E-state index in [0.717, 1.165) is 25.9 Å². The summed E-state index contributed by atoms with van der Waals surface area (Å²) in [6.45, 7) is 3.34. The molecule has 1 aliphatic rings. The molecule has 0 aliphatic carbocycles. The van der Waals surface area contributed by atoms with Crippen molar-refractivity contribution in [3.8, 4) is 5.75 Å². The highest BCUT2D eigenvalue weighted by Gasteiger charge is 2.26. The van der Waals surface area contributed by atoms with Gasteiger partial charge >= 0.3 is 0 Å². The lowest BCUT2D eigenvalue weighted by Gasteiger charge is -2.14. The fraction of sp³-hybridized carbons (Fsp3) is 0.375. The van der Waals surface area contributed by atoms with E-state index in [0.29, 0.717) is 17.1 Å². The summed E-state index contributed by atoms with van der Waals surface area (Å²) < 4.78 is 23.8. The molecule has 0 saturated carbocycles. The number of halogens is 1. The zero-order valence-electron chi connectivity index (χ0n) is 12.3. The van der Waals surface area contributed by atoms with Gasteiger partial charge in [0.2, 0.25) is 0 Å². The van der Waals surface area contributed by atoms with Crippen molar-refractivity contribution in [3.05, 3.63) is 47.1 Å². The lowest BCUT2D eigenvalue weighted by molar-refractivity contribution is 0.0780. The van der Waals surface area contributed by atoms with E-state index >= 15 is 0 Å². The molecule has 1 aromatic heterocycles. The van der Waals surface area contributed by atoms with Gasteiger partial charge < -0.3 is 14.2 Å². The first-order valence-corrected chi connectivity index (χ1v) is 7.28. The van der Waals surface area contributed by atoms with E-state index in [9.17, 15) is 9.18 Å². The number of likely N-dealkylation sites (tertiary alicyclic amines) is 1.